The number of hydrogen-bond donors (Lipinski definition) is 1. The summed E-state index contributed by atoms with van der Waals surface area (Å²) in [6.45, 7) is 2.53. The predicted molar refractivity (Wildman–Crippen MR) is 123 cm³/mol. The molecular formula is C27H23N3O2. The fraction of sp³-hybridized carbons (Fsp3) is 0.148. The second kappa shape index (κ2) is 8.27. The molecule has 3 aromatic carbocycles. The largest absolute Gasteiger partial charge is 0.457 e. The monoisotopic (exact) mass is 421 g/mol. The molecule has 0 saturated heterocycles. The van der Waals surface area contributed by atoms with Crippen molar-refractivity contribution in [2.75, 3.05) is 0 Å². The Bertz CT molecular complexity index is 1260. The molecule has 1 atom stereocenters. The van der Waals surface area contributed by atoms with Crippen molar-refractivity contribution in [2.45, 2.75) is 25.3 Å². The molecule has 0 aliphatic carbocycles. The molecule has 0 bridgehead atoms. The maximum Gasteiger partial charge on any atom is 0.230 e. The van der Waals surface area contributed by atoms with Gasteiger partial charge in [0.1, 0.15) is 17.8 Å². The zero-order valence-corrected chi connectivity index (χ0v) is 17.8. The first-order chi connectivity index (χ1) is 15.6. The molecule has 1 N–H and O–H groups in total. The van der Waals surface area contributed by atoms with Crippen LogP contribution >= 0.6 is 0 Å². The molecule has 0 spiro atoms. The molecule has 5 nitrogen and oxygen atoms in total. The number of amides is 1. The second-order valence-corrected chi connectivity index (χ2v) is 8.25. The van der Waals surface area contributed by atoms with Crippen LogP contribution in [0, 0.1) is 0 Å². The summed E-state index contributed by atoms with van der Waals surface area (Å²) in [6.07, 6.45) is 5.58. The smallest absolute Gasteiger partial charge is 0.230 e. The van der Waals surface area contributed by atoms with Crippen LogP contribution < -0.4 is 10.1 Å². The lowest BCUT2D eigenvalue weighted by atomic mass is 9.72. The molecule has 0 saturated carbocycles. The predicted octanol–water partition coefficient (Wildman–Crippen LogP) is 5.07. The molecule has 1 aromatic heterocycles. The lowest BCUT2D eigenvalue weighted by Gasteiger charge is -2.35. The van der Waals surface area contributed by atoms with Gasteiger partial charge < -0.3 is 10.1 Å². The van der Waals surface area contributed by atoms with Gasteiger partial charge in [-0.15, -0.1) is 0 Å². The average molecular weight is 422 g/mol. The molecule has 4 aromatic rings. The Hall–Kier alpha value is -3.99. The Kier molecular flexibility index (Phi) is 5.15. The Balaban J connectivity index is 1.51. The number of para-hydroxylation sites is 1. The molecular weight excluding hydrogens is 398 g/mol. The number of nitrogens with zero attached hydrogens (tertiary/aromatic N) is 2. The van der Waals surface area contributed by atoms with E-state index < -0.39 is 5.41 Å². The van der Waals surface area contributed by atoms with Gasteiger partial charge in [-0.1, -0.05) is 42.5 Å². The first kappa shape index (κ1) is 19.9. The van der Waals surface area contributed by atoms with E-state index in [9.17, 15) is 4.79 Å². The van der Waals surface area contributed by atoms with E-state index in [1.165, 1.54) is 6.33 Å². The van der Waals surface area contributed by atoms with Crippen LogP contribution in [0.2, 0.25) is 0 Å². The zero-order chi connectivity index (χ0) is 22.0. The van der Waals surface area contributed by atoms with Crippen LogP contribution in [0.3, 0.4) is 0 Å². The van der Waals surface area contributed by atoms with E-state index in [0.29, 0.717) is 13.0 Å². The van der Waals surface area contributed by atoms with Crippen LogP contribution in [0.15, 0.2) is 91.5 Å². The molecule has 158 valence electrons. The number of hydrogen-bond acceptors (Lipinski definition) is 4. The van der Waals surface area contributed by atoms with E-state index >= 15 is 0 Å². The standard InChI is InChI=1S/C27H23N3O2/c1-27(14-19-15-28-18-29-16-19)25-13-21(10-11-22(25)17-30-26(27)31)20-6-5-9-24(12-20)32-23-7-3-2-4-8-23/h2-13,15-16,18H,14,17H2,1H3,(H,30,31). The van der Waals surface area contributed by atoms with Gasteiger partial charge in [0.05, 0.1) is 5.41 Å². The summed E-state index contributed by atoms with van der Waals surface area (Å²) in [5, 5.41) is 3.04. The second-order valence-electron chi connectivity index (χ2n) is 8.25. The highest BCUT2D eigenvalue weighted by Crippen LogP contribution is 2.37. The maximum absolute atomic E-state index is 13.0. The molecule has 2 heterocycles. The Morgan fingerprint density at radius 1 is 0.906 bits per heavy atom. The van der Waals surface area contributed by atoms with E-state index in [1.807, 2.05) is 55.5 Å². The van der Waals surface area contributed by atoms with Crippen molar-refractivity contribution in [3.8, 4) is 22.6 Å². The molecule has 1 amide bonds. The van der Waals surface area contributed by atoms with Crippen molar-refractivity contribution in [3.05, 3.63) is 108 Å². The van der Waals surface area contributed by atoms with Gasteiger partial charge >= 0.3 is 0 Å². The number of carbonyl (C=O) groups excluding carboxylic acids is 1. The van der Waals surface area contributed by atoms with E-state index in [0.717, 1.165) is 39.3 Å². The zero-order valence-electron chi connectivity index (χ0n) is 17.8. The number of benzene rings is 3. The molecule has 1 unspecified atom stereocenters. The highest BCUT2D eigenvalue weighted by atomic mass is 16.5. The minimum atomic E-state index is -0.702. The van der Waals surface area contributed by atoms with Crippen molar-refractivity contribution in [1.82, 2.24) is 15.3 Å². The minimum absolute atomic E-state index is 0.0205. The van der Waals surface area contributed by atoms with Gasteiger partial charge in [-0.05, 0) is 71.5 Å². The van der Waals surface area contributed by atoms with Gasteiger partial charge in [-0.25, -0.2) is 9.97 Å². The minimum Gasteiger partial charge on any atom is -0.457 e. The van der Waals surface area contributed by atoms with Crippen molar-refractivity contribution >= 4 is 5.91 Å². The number of aromatic nitrogens is 2. The third-order valence-corrected chi connectivity index (χ3v) is 5.96. The quantitative estimate of drug-likeness (QED) is 0.489. The number of ether oxygens (including phenoxy) is 1. The molecule has 5 rings (SSSR count). The Labute approximate surface area is 187 Å². The molecule has 0 fully saturated rings. The van der Waals surface area contributed by atoms with Gasteiger partial charge in [0, 0.05) is 18.9 Å². The van der Waals surface area contributed by atoms with Gasteiger partial charge in [0.25, 0.3) is 0 Å². The summed E-state index contributed by atoms with van der Waals surface area (Å²) < 4.78 is 6.01. The SMILES string of the molecule is CC1(Cc2cncnc2)C(=O)NCc2ccc(-c3cccc(Oc4ccccc4)c3)cc21. The van der Waals surface area contributed by atoms with Crippen molar-refractivity contribution < 1.29 is 9.53 Å². The lowest BCUT2D eigenvalue weighted by Crippen LogP contribution is -2.48. The van der Waals surface area contributed by atoms with Crippen LogP contribution in [0.1, 0.15) is 23.6 Å². The molecule has 1 aliphatic rings. The Morgan fingerprint density at radius 2 is 1.66 bits per heavy atom. The summed E-state index contributed by atoms with van der Waals surface area (Å²) in [5.74, 6) is 1.59. The fourth-order valence-corrected chi connectivity index (χ4v) is 4.29. The van der Waals surface area contributed by atoms with E-state index in [1.54, 1.807) is 12.4 Å². The lowest BCUT2D eigenvalue weighted by molar-refractivity contribution is -0.127. The van der Waals surface area contributed by atoms with Gasteiger partial charge in [0.2, 0.25) is 5.91 Å². The van der Waals surface area contributed by atoms with E-state index in [4.69, 9.17) is 4.74 Å². The number of fused-ring (bicyclic) bond motifs is 1. The summed E-state index contributed by atoms with van der Waals surface area (Å²) >= 11 is 0. The number of nitrogens with one attached hydrogen (secondary N) is 1. The third kappa shape index (κ3) is 3.85. The summed E-state index contributed by atoms with van der Waals surface area (Å²) in [7, 11) is 0. The maximum atomic E-state index is 13.0. The number of carbonyl (C=O) groups is 1. The fourth-order valence-electron chi connectivity index (χ4n) is 4.29. The van der Waals surface area contributed by atoms with E-state index in [2.05, 4.69) is 39.6 Å². The van der Waals surface area contributed by atoms with Crippen molar-refractivity contribution in [2.24, 2.45) is 0 Å². The van der Waals surface area contributed by atoms with Gasteiger partial charge in [-0.3, -0.25) is 4.79 Å². The van der Waals surface area contributed by atoms with Crippen LogP contribution in [-0.2, 0) is 23.2 Å². The normalized spacial score (nSPS) is 17.3. The topological polar surface area (TPSA) is 64.1 Å². The summed E-state index contributed by atoms with van der Waals surface area (Å²) in [5.41, 5.74) is 4.49. The summed E-state index contributed by atoms with van der Waals surface area (Å²) in [6, 6.07) is 24.1. The van der Waals surface area contributed by atoms with Crippen molar-refractivity contribution in [3.63, 3.8) is 0 Å². The molecule has 0 radical (unpaired) electrons. The molecule has 5 heteroatoms. The first-order valence-electron chi connectivity index (χ1n) is 10.6. The van der Waals surface area contributed by atoms with Gasteiger partial charge in [0.15, 0.2) is 0 Å². The molecule has 32 heavy (non-hydrogen) atoms. The average Bonchev–Trinajstić information content (AvgIpc) is 2.83. The van der Waals surface area contributed by atoms with Crippen LogP contribution in [-0.4, -0.2) is 15.9 Å². The van der Waals surface area contributed by atoms with Crippen LogP contribution in [0.25, 0.3) is 11.1 Å². The van der Waals surface area contributed by atoms with E-state index in [-0.39, 0.29) is 5.91 Å². The van der Waals surface area contributed by atoms with Crippen molar-refractivity contribution in [1.29, 1.82) is 0 Å². The highest BCUT2D eigenvalue weighted by molar-refractivity contribution is 5.90. The van der Waals surface area contributed by atoms with Crippen LogP contribution in [0.4, 0.5) is 0 Å². The first-order valence-corrected chi connectivity index (χ1v) is 10.6. The molecule has 1 aliphatic heterocycles. The highest BCUT2D eigenvalue weighted by Gasteiger charge is 2.40. The van der Waals surface area contributed by atoms with Gasteiger partial charge in [-0.2, -0.15) is 0 Å². The summed E-state index contributed by atoms with van der Waals surface area (Å²) in [4.78, 5) is 21.2. The van der Waals surface area contributed by atoms with Crippen LogP contribution in [0.5, 0.6) is 11.5 Å². The third-order valence-electron chi connectivity index (χ3n) is 5.96. The number of rotatable bonds is 5. The Morgan fingerprint density at radius 3 is 2.47 bits per heavy atom.